The maximum Gasteiger partial charge on any atom is 0.336 e. The first-order valence-electron chi connectivity index (χ1n) is 14.3. The van der Waals surface area contributed by atoms with Crippen molar-refractivity contribution in [3.05, 3.63) is 94.5 Å². The molecular weight excluding hydrogens is 546 g/mol. The Morgan fingerprint density at radius 3 is 2.30 bits per heavy atom. The molecule has 6 rings (SSSR count). The van der Waals surface area contributed by atoms with Crippen LogP contribution in [-0.4, -0.2) is 87.3 Å². The summed E-state index contributed by atoms with van der Waals surface area (Å²) >= 11 is 0. The van der Waals surface area contributed by atoms with E-state index in [1.165, 1.54) is 6.07 Å². The van der Waals surface area contributed by atoms with Gasteiger partial charge < -0.3 is 25.4 Å². The normalized spacial score (nSPS) is 17.3. The molecule has 4 N–H and O–H groups in total. The van der Waals surface area contributed by atoms with E-state index in [2.05, 4.69) is 15.2 Å². The highest BCUT2D eigenvalue weighted by Gasteiger charge is 2.47. The SMILES string of the molecule is Cc1cc2c(C(=Nc3ccc(C(=O)N4CCC5(CC4)C(=O)NCCN5C)cc3)c3ccccc3)c(O)[nH]c2cc1C(=O)O. The van der Waals surface area contributed by atoms with Gasteiger partial charge in [-0.15, -0.1) is 0 Å². The van der Waals surface area contributed by atoms with E-state index >= 15 is 0 Å². The van der Waals surface area contributed by atoms with Gasteiger partial charge in [-0.1, -0.05) is 30.3 Å². The second kappa shape index (κ2) is 11.0. The fourth-order valence-corrected chi connectivity index (χ4v) is 6.23. The number of piperazine rings is 1. The van der Waals surface area contributed by atoms with Crippen LogP contribution in [0.25, 0.3) is 10.9 Å². The summed E-state index contributed by atoms with van der Waals surface area (Å²) in [5.74, 6) is -1.21. The third-order valence-electron chi connectivity index (χ3n) is 8.76. The lowest BCUT2D eigenvalue weighted by molar-refractivity contribution is -0.139. The molecule has 0 atom stereocenters. The van der Waals surface area contributed by atoms with Gasteiger partial charge in [0.2, 0.25) is 5.91 Å². The number of carbonyl (C=O) groups excluding carboxylic acids is 2. The molecule has 220 valence electrons. The summed E-state index contributed by atoms with van der Waals surface area (Å²) in [7, 11) is 1.98. The number of aromatic carboxylic acids is 1. The van der Waals surface area contributed by atoms with Crippen molar-refractivity contribution in [3.8, 4) is 5.88 Å². The number of amides is 2. The maximum absolute atomic E-state index is 13.4. The molecule has 43 heavy (non-hydrogen) atoms. The predicted octanol–water partition coefficient (Wildman–Crippen LogP) is 4.09. The molecule has 0 bridgehead atoms. The average molecular weight is 580 g/mol. The Labute approximate surface area is 248 Å². The van der Waals surface area contributed by atoms with Crippen LogP contribution in [-0.2, 0) is 4.79 Å². The minimum atomic E-state index is -1.04. The summed E-state index contributed by atoms with van der Waals surface area (Å²) in [6, 6.07) is 19.7. The molecule has 2 aliphatic heterocycles. The number of carboxylic acid groups (broad SMARTS) is 1. The van der Waals surface area contributed by atoms with Crippen LogP contribution in [0.4, 0.5) is 5.69 Å². The molecule has 4 aromatic rings. The number of likely N-dealkylation sites (tertiary alicyclic amines) is 1. The zero-order valence-electron chi connectivity index (χ0n) is 24.1. The van der Waals surface area contributed by atoms with Crippen molar-refractivity contribution in [2.75, 3.05) is 33.2 Å². The lowest BCUT2D eigenvalue weighted by Gasteiger charge is -2.48. The highest BCUT2D eigenvalue weighted by molar-refractivity contribution is 6.22. The molecule has 2 fully saturated rings. The summed E-state index contributed by atoms with van der Waals surface area (Å²) in [5.41, 5.74) is 3.49. The Balaban J connectivity index is 1.30. The fourth-order valence-electron chi connectivity index (χ4n) is 6.23. The number of hydrogen-bond donors (Lipinski definition) is 4. The van der Waals surface area contributed by atoms with Crippen LogP contribution in [0.5, 0.6) is 5.88 Å². The Morgan fingerprint density at radius 1 is 0.953 bits per heavy atom. The van der Waals surface area contributed by atoms with Gasteiger partial charge in [-0.3, -0.25) is 14.5 Å². The van der Waals surface area contributed by atoms with E-state index in [0.29, 0.717) is 71.5 Å². The number of benzene rings is 3. The van der Waals surface area contributed by atoms with Crippen LogP contribution in [0.1, 0.15) is 50.2 Å². The molecule has 10 heteroatoms. The molecule has 2 saturated heterocycles. The number of aromatic amines is 1. The molecule has 0 unspecified atom stereocenters. The largest absolute Gasteiger partial charge is 0.494 e. The zero-order chi connectivity index (χ0) is 30.3. The number of aromatic nitrogens is 1. The van der Waals surface area contributed by atoms with Crippen molar-refractivity contribution in [1.29, 1.82) is 0 Å². The van der Waals surface area contributed by atoms with Gasteiger partial charge in [-0.25, -0.2) is 9.79 Å². The predicted molar refractivity (Wildman–Crippen MR) is 163 cm³/mol. The van der Waals surface area contributed by atoms with Crippen LogP contribution in [0, 0.1) is 6.92 Å². The second-order valence-corrected chi connectivity index (χ2v) is 11.2. The number of rotatable bonds is 5. The Bertz CT molecular complexity index is 1750. The maximum atomic E-state index is 13.4. The van der Waals surface area contributed by atoms with Gasteiger partial charge in [-0.05, 0) is 68.8 Å². The number of carboxylic acids is 1. The number of carbonyl (C=O) groups is 3. The summed E-state index contributed by atoms with van der Waals surface area (Å²) in [6.07, 6.45) is 1.18. The summed E-state index contributed by atoms with van der Waals surface area (Å²) in [4.78, 5) is 49.5. The number of aliphatic imine (C=N–C) groups is 1. The van der Waals surface area contributed by atoms with Crippen LogP contribution in [0.15, 0.2) is 71.7 Å². The van der Waals surface area contributed by atoms with E-state index < -0.39 is 11.5 Å². The van der Waals surface area contributed by atoms with Gasteiger partial charge in [0.25, 0.3) is 5.91 Å². The Kier molecular flexibility index (Phi) is 7.23. The number of likely N-dealkylation sites (N-methyl/N-ethyl adjacent to an activating group) is 1. The molecule has 1 spiro atoms. The van der Waals surface area contributed by atoms with E-state index in [-0.39, 0.29) is 23.3 Å². The van der Waals surface area contributed by atoms with E-state index in [1.807, 2.05) is 37.4 Å². The van der Waals surface area contributed by atoms with Crippen LogP contribution >= 0.6 is 0 Å². The van der Waals surface area contributed by atoms with Crippen LogP contribution in [0.2, 0.25) is 0 Å². The van der Waals surface area contributed by atoms with E-state index in [9.17, 15) is 24.6 Å². The Hall–Kier alpha value is -4.96. The van der Waals surface area contributed by atoms with E-state index in [4.69, 9.17) is 4.99 Å². The average Bonchev–Trinajstić information content (AvgIpc) is 3.33. The van der Waals surface area contributed by atoms with Crippen molar-refractivity contribution in [3.63, 3.8) is 0 Å². The van der Waals surface area contributed by atoms with Crippen LogP contribution < -0.4 is 5.32 Å². The van der Waals surface area contributed by atoms with Crippen molar-refractivity contribution in [2.45, 2.75) is 25.3 Å². The smallest absolute Gasteiger partial charge is 0.336 e. The molecule has 3 aromatic carbocycles. The van der Waals surface area contributed by atoms with Crippen molar-refractivity contribution >= 4 is 40.1 Å². The summed E-state index contributed by atoms with van der Waals surface area (Å²) in [6.45, 7) is 4.16. The number of H-pyrrole nitrogens is 1. The minimum absolute atomic E-state index is 0.0449. The number of hydrogen-bond acceptors (Lipinski definition) is 6. The minimum Gasteiger partial charge on any atom is -0.494 e. The standard InChI is InChI=1S/C33H33N5O5/c1-20-18-25-26(19-24(20)31(41)42)36-29(39)27(25)28(21-6-4-3-5-7-21)35-23-10-8-22(9-11-23)30(40)38-15-12-33(13-16-38)32(43)34-14-17-37(33)2/h3-11,18-19,36,39H,12-17H2,1-2H3,(H,34,43)(H,41,42). The first-order chi connectivity index (χ1) is 20.7. The first kappa shape index (κ1) is 28.2. The summed E-state index contributed by atoms with van der Waals surface area (Å²) in [5, 5.41) is 24.2. The molecular formula is C33H33N5O5. The third-order valence-corrected chi connectivity index (χ3v) is 8.76. The zero-order valence-corrected chi connectivity index (χ0v) is 24.1. The number of aryl methyl sites for hydroxylation is 1. The van der Waals surface area contributed by atoms with Gasteiger partial charge in [-0.2, -0.15) is 0 Å². The van der Waals surface area contributed by atoms with Gasteiger partial charge in [0.05, 0.1) is 22.5 Å². The van der Waals surface area contributed by atoms with E-state index in [1.54, 1.807) is 42.2 Å². The molecule has 0 radical (unpaired) electrons. The quantitative estimate of drug-likeness (QED) is 0.263. The highest BCUT2D eigenvalue weighted by atomic mass is 16.4. The lowest BCUT2D eigenvalue weighted by Crippen LogP contribution is -2.67. The lowest BCUT2D eigenvalue weighted by atomic mass is 9.83. The molecule has 10 nitrogen and oxygen atoms in total. The number of piperidine rings is 1. The topological polar surface area (TPSA) is 138 Å². The molecule has 0 aliphatic carbocycles. The van der Waals surface area contributed by atoms with Crippen molar-refractivity contribution in [2.24, 2.45) is 4.99 Å². The fraction of sp³-hybridized carbons (Fsp3) is 0.273. The molecule has 0 saturated carbocycles. The highest BCUT2D eigenvalue weighted by Crippen LogP contribution is 2.34. The molecule has 2 aliphatic rings. The number of fused-ring (bicyclic) bond motifs is 1. The van der Waals surface area contributed by atoms with E-state index in [0.717, 1.165) is 12.1 Å². The van der Waals surface area contributed by atoms with Gasteiger partial charge in [0.15, 0.2) is 5.88 Å². The monoisotopic (exact) mass is 579 g/mol. The second-order valence-electron chi connectivity index (χ2n) is 11.2. The number of nitrogens with one attached hydrogen (secondary N) is 2. The van der Waals surface area contributed by atoms with Gasteiger partial charge in [0, 0.05) is 48.2 Å². The number of nitrogens with zero attached hydrogens (tertiary/aromatic N) is 3. The summed E-state index contributed by atoms with van der Waals surface area (Å²) < 4.78 is 0. The first-order valence-corrected chi connectivity index (χ1v) is 14.3. The third kappa shape index (κ3) is 5.03. The van der Waals surface area contributed by atoms with Crippen LogP contribution in [0.3, 0.4) is 0 Å². The Morgan fingerprint density at radius 2 is 1.65 bits per heavy atom. The molecule has 1 aromatic heterocycles. The molecule has 3 heterocycles. The number of aromatic hydroxyl groups is 1. The molecule has 2 amide bonds. The van der Waals surface area contributed by atoms with Crippen molar-refractivity contribution < 1.29 is 24.6 Å². The van der Waals surface area contributed by atoms with Gasteiger partial charge >= 0.3 is 5.97 Å². The van der Waals surface area contributed by atoms with Crippen molar-refractivity contribution in [1.82, 2.24) is 20.1 Å². The van der Waals surface area contributed by atoms with Gasteiger partial charge in [0.1, 0.15) is 5.54 Å².